The van der Waals surface area contributed by atoms with Crippen LogP contribution in [-0.2, 0) is 12.8 Å². The van der Waals surface area contributed by atoms with Crippen LogP contribution in [0.3, 0.4) is 0 Å². The number of rotatable bonds is 5. The van der Waals surface area contributed by atoms with Crippen molar-refractivity contribution in [2.24, 2.45) is 11.8 Å². The third-order valence-corrected chi connectivity index (χ3v) is 8.11. The van der Waals surface area contributed by atoms with E-state index in [9.17, 15) is 4.79 Å². The van der Waals surface area contributed by atoms with Gasteiger partial charge < -0.3 is 15.7 Å². The normalized spacial score (nSPS) is 20.4. The molecule has 8 heteroatoms. The number of para-hydroxylation sites is 1. The van der Waals surface area contributed by atoms with Crippen LogP contribution in [0.5, 0.6) is 0 Å². The SMILES string of the molecule is Cl.O.O=C(NCCN1CC2CCC(CC2)C1)c1nn(-c2ccccc2)c2c1CCc1cc(Cl)ccc1-2. The van der Waals surface area contributed by atoms with E-state index in [0.29, 0.717) is 12.2 Å². The molecule has 3 aromatic rings. The molecule has 7 rings (SSSR count). The second-order valence-corrected chi connectivity index (χ2v) is 10.6. The van der Waals surface area contributed by atoms with Gasteiger partial charge in [-0.1, -0.05) is 35.9 Å². The van der Waals surface area contributed by atoms with E-state index in [2.05, 4.69) is 16.3 Å². The second-order valence-electron chi connectivity index (χ2n) is 10.1. The quantitative estimate of drug-likeness (QED) is 0.519. The van der Waals surface area contributed by atoms with E-state index in [1.165, 1.54) is 44.3 Å². The molecule has 2 aliphatic heterocycles. The number of hydrogen-bond acceptors (Lipinski definition) is 3. The smallest absolute Gasteiger partial charge is 0.272 e. The molecule has 0 radical (unpaired) electrons. The summed E-state index contributed by atoms with van der Waals surface area (Å²) < 4.78 is 1.93. The molecule has 0 atom stereocenters. The molecule has 192 valence electrons. The molecule has 2 saturated heterocycles. The zero-order valence-corrected chi connectivity index (χ0v) is 22.0. The lowest BCUT2D eigenvalue weighted by Crippen LogP contribution is -2.37. The van der Waals surface area contributed by atoms with E-state index in [-0.39, 0.29) is 23.8 Å². The van der Waals surface area contributed by atoms with Crippen molar-refractivity contribution in [2.45, 2.75) is 38.5 Å². The third kappa shape index (κ3) is 5.18. The van der Waals surface area contributed by atoms with Gasteiger partial charge in [0.25, 0.3) is 5.91 Å². The molecule has 0 spiro atoms. The monoisotopic (exact) mass is 528 g/mol. The van der Waals surface area contributed by atoms with E-state index in [1.54, 1.807) is 0 Å². The van der Waals surface area contributed by atoms with E-state index in [4.69, 9.17) is 16.7 Å². The fraction of sp³-hybridized carbons (Fsp3) is 0.429. The highest BCUT2D eigenvalue weighted by atomic mass is 35.5. The highest BCUT2D eigenvalue weighted by molar-refractivity contribution is 6.30. The number of fused-ring (bicyclic) bond motifs is 7. The molecule has 2 aliphatic carbocycles. The van der Waals surface area contributed by atoms with Gasteiger partial charge in [-0.2, -0.15) is 5.10 Å². The predicted molar refractivity (Wildman–Crippen MR) is 147 cm³/mol. The van der Waals surface area contributed by atoms with E-state index in [1.807, 2.05) is 47.1 Å². The Labute approximate surface area is 223 Å². The molecular formula is C28H34Cl2N4O2. The summed E-state index contributed by atoms with van der Waals surface area (Å²) in [7, 11) is 0. The van der Waals surface area contributed by atoms with Crippen LogP contribution in [-0.4, -0.2) is 52.2 Å². The van der Waals surface area contributed by atoms with E-state index in [0.717, 1.165) is 58.8 Å². The topological polar surface area (TPSA) is 81.7 Å². The molecule has 1 aromatic heterocycles. The Bertz CT molecular complexity index is 1190. The zero-order valence-electron chi connectivity index (χ0n) is 20.4. The van der Waals surface area contributed by atoms with Gasteiger partial charge in [-0.25, -0.2) is 4.68 Å². The number of carbonyl (C=O) groups is 1. The molecule has 2 bridgehead atoms. The molecular weight excluding hydrogens is 495 g/mol. The lowest BCUT2D eigenvalue weighted by molar-refractivity contribution is 0.0941. The molecule has 1 amide bonds. The van der Waals surface area contributed by atoms with Crippen molar-refractivity contribution < 1.29 is 10.3 Å². The number of aryl methyl sites for hydroxylation is 1. The van der Waals surface area contributed by atoms with Gasteiger partial charge in [0, 0.05) is 42.3 Å². The van der Waals surface area contributed by atoms with Gasteiger partial charge in [0.2, 0.25) is 0 Å². The van der Waals surface area contributed by atoms with Gasteiger partial charge in [0.1, 0.15) is 0 Å². The van der Waals surface area contributed by atoms with E-state index < -0.39 is 0 Å². The van der Waals surface area contributed by atoms with Crippen LogP contribution in [0.15, 0.2) is 48.5 Å². The van der Waals surface area contributed by atoms with Gasteiger partial charge >= 0.3 is 0 Å². The molecule has 3 fully saturated rings. The Hall–Kier alpha value is -2.38. The minimum atomic E-state index is -0.0684. The third-order valence-electron chi connectivity index (χ3n) is 7.88. The van der Waals surface area contributed by atoms with Gasteiger partial charge in [-0.05, 0) is 80.2 Å². The Morgan fingerprint density at radius 3 is 2.39 bits per heavy atom. The maximum atomic E-state index is 13.4. The van der Waals surface area contributed by atoms with Crippen molar-refractivity contribution in [3.05, 3.63) is 70.4 Å². The zero-order chi connectivity index (χ0) is 23.1. The van der Waals surface area contributed by atoms with Gasteiger partial charge in [0.15, 0.2) is 5.69 Å². The fourth-order valence-corrected chi connectivity index (χ4v) is 6.35. The lowest BCUT2D eigenvalue weighted by atomic mass is 9.84. The van der Waals surface area contributed by atoms with Crippen LogP contribution in [0.25, 0.3) is 16.9 Å². The summed E-state index contributed by atoms with van der Waals surface area (Å²) in [6.07, 6.45) is 7.16. The van der Waals surface area contributed by atoms with Crippen LogP contribution >= 0.6 is 24.0 Å². The average molecular weight is 530 g/mol. The Balaban J connectivity index is 0.00000152. The molecule has 0 unspecified atom stereocenters. The van der Waals surface area contributed by atoms with Crippen molar-refractivity contribution in [3.8, 4) is 16.9 Å². The van der Waals surface area contributed by atoms with Crippen molar-refractivity contribution in [3.63, 3.8) is 0 Å². The number of benzene rings is 2. The van der Waals surface area contributed by atoms with E-state index >= 15 is 0 Å². The fourth-order valence-electron chi connectivity index (χ4n) is 6.16. The summed E-state index contributed by atoms with van der Waals surface area (Å²) in [6.45, 7) is 3.95. The van der Waals surface area contributed by atoms with Crippen molar-refractivity contribution in [1.29, 1.82) is 0 Å². The molecule has 3 heterocycles. The number of nitrogens with zero attached hydrogens (tertiary/aromatic N) is 3. The number of hydrogen-bond donors (Lipinski definition) is 1. The Morgan fingerprint density at radius 2 is 1.69 bits per heavy atom. The number of amides is 1. The molecule has 6 nitrogen and oxygen atoms in total. The maximum Gasteiger partial charge on any atom is 0.272 e. The first-order chi connectivity index (χ1) is 16.7. The molecule has 1 saturated carbocycles. The average Bonchev–Trinajstić information content (AvgIpc) is 3.00. The van der Waals surface area contributed by atoms with Gasteiger partial charge in [0.05, 0.1) is 11.4 Å². The highest BCUT2D eigenvalue weighted by Gasteiger charge is 2.31. The summed E-state index contributed by atoms with van der Waals surface area (Å²) in [5, 5.41) is 8.79. The Morgan fingerprint density at radius 1 is 1.00 bits per heavy atom. The van der Waals surface area contributed by atoms with Gasteiger partial charge in [-0.15, -0.1) is 12.4 Å². The number of aromatic nitrogens is 2. The van der Waals surface area contributed by atoms with Crippen LogP contribution in [0.4, 0.5) is 0 Å². The minimum absolute atomic E-state index is 0. The summed E-state index contributed by atoms with van der Waals surface area (Å²) in [5.41, 5.74) is 5.87. The number of nitrogens with one attached hydrogen (secondary N) is 1. The number of carbonyl (C=O) groups excluding carboxylic acids is 1. The van der Waals surface area contributed by atoms with Crippen LogP contribution < -0.4 is 5.32 Å². The number of halogens is 2. The van der Waals surface area contributed by atoms with Gasteiger partial charge in [-0.3, -0.25) is 4.79 Å². The van der Waals surface area contributed by atoms with Crippen LogP contribution in [0.1, 0.15) is 47.3 Å². The first-order valence-electron chi connectivity index (χ1n) is 12.6. The standard InChI is InChI=1S/C28H31ClN4O.ClH.H2O/c29-22-11-13-24-21(16-22)10-12-25-26(31-33(27(24)25)23-4-2-1-3-5-23)28(34)30-14-15-32-17-19-6-7-20(18-32)9-8-19;;/h1-5,11,13,16,19-20H,6-10,12,14-15,17-18H2,(H,30,34);1H;1H2. The molecule has 36 heavy (non-hydrogen) atoms. The Kier molecular flexibility index (Phi) is 8.41. The summed E-state index contributed by atoms with van der Waals surface area (Å²) in [6, 6.07) is 16.1. The first-order valence-corrected chi connectivity index (χ1v) is 13.0. The highest BCUT2D eigenvalue weighted by Crippen LogP contribution is 2.38. The summed E-state index contributed by atoms with van der Waals surface area (Å²) in [5.74, 6) is 1.62. The largest absolute Gasteiger partial charge is 0.412 e. The van der Waals surface area contributed by atoms with Crippen LogP contribution in [0, 0.1) is 11.8 Å². The van der Waals surface area contributed by atoms with Crippen molar-refractivity contribution in [2.75, 3.05) is 26.2 Å². The molecule has 2 aromatic carbocycles. The maximum absolute atomic E-state index is 13.4. The lowest BCUT2D eigenvalue weighted by Gasteiger charge is -2.22. The summed E-state index contributed by atoms with van der Waals surface area (Å²) in [4.78, 5) is 15.9. The van der Waals surface area contributed by atoms with Crippen molar-refractivity contribution in [1.82, 2.24) is 20.0 Å². The second kappa shape index (κ2) is 11.3. The summed E-state index contributed by atoms with van der Waals surface area (Å²) >= 11 is 6.28. The molecule has 3 N–H and O–H groups in total. The van der Waals surface area contributed by atoms with Crippen LogP contribution in [0.2, 0.25) is 5.02 Å². The minimum Gasteiger partial charge on any atom is -0.412 e. The first kappa shape index (κ1) is 26.7. The van der Waals surface area contributed by atoms with Crippen molar-refractivity contribution >= 4 is 29.9 Å². The molecule has 4 aliphatic rings. The predicted octanol–water partition coefficient (Wildman–Crippen LogP) is 4.74.